The van der Waals surface area contributed by atoms with E-state index in [-0.39, 0.29) is 18.3 Å². The smallest absolute Gasteiger partial charge is 0.307 e. The molecule has 6 heteroatoms. The summed E-state index contributed by atoms with van der Waals surface area (Å²) in [5.41, 5.74) is -0.220. The number of amides is 1. The molecule has 1 fully saturated rings. The summed E-state index contributed by atoms with van der Waals surface area (Å²) in [6.07, 6.45) is 1.60. The van der Waals surface area contributed by atoms with E-state index >= 15 is 0 Å². The Balaban J connectivity index is 2.06. The van der Waals surface area contributed by atoms with Gasteiger partial charge in [0.2, 0.25) is 11.8 Å². The van der Waals surface area contributed by atoms with Crippen molar-refractivity contribution >= 4 is 17.6 Å². The number of aromatic nitrogens is 1. The summed E-state index contributed by atoms with van der Waals surface area (Å²) in [5, 5.41) is 2.72. The van der Waals surface area contributed by atoms with E-state index in [0.29, 0.717) is 11.6 Å². The molecule has 6 nitrogen and oxygen atoms in total. The van der Waals surface area contributed by atoms with Crippen LogP contribution in [-0.2, 0) is 14.3 Å². The quantitative estimate of drug-likeness (QED) is 0.834. The van der Waals surface area contributed by atoms with Gasteiger partial charge in [0.1, 0.15) is 5.60 Å². The molecule has 1 N–H and O–H groups in total. The minimum absolute atomic E-state index is 0.0996. The fourth-order valence-electron chi connectivity index (χ4n) is 2.03. The average molecular weight is 264 g/mol. The van der Waals surface area contributed by atoms with Gasteiger partial charge in [-0.2, -0.15) is 0 Å². The summed E-state index contributed by atoms with van der Waals surface area (Å²) in [6.45, 7) is 3.46. The minimum Gasteiger partial charge on any atom is -0.481 e. The zero-order chi connectivity index (χ0) is 14.0. The first-order chi connectivity index (χ1) is 8.92. The third-order valence-electron chi connectivity index (χ3n) is 3.12. The van der Waals surface area contributed by atoms with Crippen LogP contribution in [0.1, 0.15) is 20.3 Å². The summed E-state index contributed by atoms with van der Waals surface area (Å²) >= 11 is 0. The van der Waals surface area contributed by atoms with Crippen LogP contribution in [0.25, 0.3) is 0 Å². The molecule has 1 atom stereocenters. The van der Waals surface area contributed by atoms with Gasteiger partial charge >= 0.3 is 5.97 Å². The van der Waals surface area contributed by atoms with Crippen LogP contribution in [0, 0.1) is 5.92 Å². The molecule has 0 saturated carbocycles. The second kappa shape index (κ2) is 4.87. The molecule has 1 saturated heterocycles. The van der Waals surface area contributed by atoms with Crippen molar-refractivity contribution in [2.45, 2.75) is 25.9 Å². The monoisotopic (exact) mass is 264 g/mol. The number of pyridine rings is 1. The topological polar surface area (TPSA) is 77.5 Å². The van der Waals surface area contributed by atoms with Gasteiger partial charge in [-0.3, -0.25) is 9.59 Å². The summed E-state index contributed by atoms with van der Waals surface area (Å²) in [5.74, 6) is -0.624. The van der Waals surface area contributed by atoms with Crippen LogP contribution in [0.3, 0.4) is 0 Å². The summed E-state index contributed by atoms with van der Waals surface area (Å²) < 4.78 is 10.1. The zero-order valence-corrected chi connectivity index (χ0v) is 11.1. The molecule has 0 bridgehead atoms. The van der Waals surface area contributed by atoms with Crippen LogP contribution in [0.2, 0.25) is 0 Å². The molecule has 2 heterocycles. The largest absolute Gasteiger partial charge is 0.481 e. The van der Waals surface area contributed by atoms with E-state index in [4.69, 9.17) is 9.47 Å². The minimum atomic E-state index is -0.777. The first kappa shape index (κ1) is 13.3. The van der Waals surface area contributed by atoms with Gasteiger partial charge in [-0.15, -0.1) is 0 Å². The van der Waals surface area contributed by atoms with Crippen LogP contribution in [0.15, 0.2) is 18.3 Å². The number of hydrogen-bond donors (Lipinski definition) is 1. The number of cyclic esters (lactones) is 1. The SMILES string of the molecule is COc1ccc(NC(=O)C2CC(=O)OC2(C)C)cn1. The van der Waals surface area contributed by atoms with Gasteiger partial charge in [-0.1, -0.05) is 0 Å². The molecule has 1 aliphatic rings. The molecule has 1 aromatic heterocycles. The molecule has 1 unspecified atom stereocenters. The van der Waals surface area contributed by atoms with Gasteiger partial charge < -0.3 is 14.8 Å². The van der Waals surface area contributed by atoms with E-state index in [0.717, 1.165) is 0 Å². The van der Waals surface area contributed by atoms with E-state index in [1.807, 2.05) is 0 Å². The molecule has 102 valence electrons. The molecule has 0 radical (unpaired) electrons. The van der Waals surface area contributed by atoms with Crippen molar-refractivity contribution in [3.63, 3.8) is 0 Å². The number of esters is 1. The standard InChI is InChI=1S/C13H16N2O4/c1-13(2)9(6-11(16)19-13)12(17)15-8-4-5-10(18-3)14-7-8/h4-5,7,9H,6H2,1-3H3,(H,15,17). The Hall–Kier alpha value is -2.11. The van der Waals surface area contributed by atoms with Gasteiger partial charge in [-0.05, 0) is 19.9 Å². The Labute approximate surface area is 111 Å². The average Bonchev–Trinajstić information content (AvgIpc) is 2.63. The number of methoxy groups -OCH3 is 1. The lowest BCUT2D eigenvalue weighted by molar-refractivity contribution is -0.147. The second-order valence-corrected chi connectivity index (χ2v) is 4.91. The normalized spacial score (nSPS) is 20.8. The Morgan fingerprint density at radius 3 is 2.74 bits per heavy atom. The number of ether oxygens (including phenoxy) is 2. The van der Waals surface area contributed by atoms with E-state index in [9.17, 15) is 9.59 Å². The first-order valence-corrected chi connectivity index (χ1v) is 5.95. The van der Waals surface area contributed by atoms with Crippen LogP contribution < -0.4 is 10.1 Å². The number of carbonyl (C=O) groups is 2. The van der Waals surface area contributed by atoms with E-state index in [1.54, 1.807) is 26.0 Å². The number of nitrogens with zero attached hydrogens (tertiary/aromatic N) is 1. The molecule has 1 aliphatic heterocycles. The predicted molar refractivity (Wildman–Crippen MR) is 67.7 cm³/mol. The van der Waals surface area contributed by atoms with Crippen molar-refractivity contribution in [1.29, 1.82) is 0 Å². The van der Waals surface area contributed by atoms with Crippen LogP contribution >= 0.6 is 0 Å². The van der Waals surface area contributed by atoms with E-state index in [2.05, 4.69) is 10.3 Å². The Bertz CT molecular complexity index is 496. The van der Waals surface area contributed by atoms with Gasteiger partial charge in [0.05, 0.1) is 31.3 Å². The van der Waals surface area contributed by atoms with Crippen molar-refractivity contribution in [3.05, 3.63) is 18.3 Å². The van der Waals surface area contributed by atoms with Crippen LogP contribution in [0.4, 0.5) is 5.69 Å². The highest BCUT2D eigenvalue weighted by atomic mass is 16.6. The molecule has 0 aliphatic carbocycles. The molecule has 19 heavy (non-hydrogen) atoms. The lowest BCUT2D eigenvalue weighted by Gasteiger charge is -2.23. The predicted octanol–water partition coefficient (Wildman–Crippen LogP) is 1.37. The number of anilines is 1. The number of nitrogens with one attached hydrogen (secondary N) is 1. The molecule has 0 aromatic carbocycles. The summed E-state index contributed by atoms with van der Waals surface area (Å²) in [7, 11) is 1.52. The van der Waals surface area contributed by atoms with Crippen molar-refractivity contribution in [2.24, 2.45) is 5.92 Å². The fourth-order valence-corrected chi connectivity index (χ4v) is 2.03. The van der Waals surface area contributed by atoms with E-state index < -0.39 is 11.5 Å². The maximum Gasteiger partial charge on any atom is 0.307 e. The summed E-state index contributed by atoms with van der Waals surface area (Å²) in [6, 6.07) is 3.34. The van der Waals surface area contributed by atoms with Gasteiger partial charge in [0.25, 0.3) is 0 Å². The number of hydrogen-bond acceptors (Lipinski definition) is 5. The van der Waals surface area contributed by atoms with Gasteiger partial charge in [-0.25, -0.2) is 4.98 Å². The van der Waals surface area contributed by atoms with Crippen molar-refractivity contribution < 1.29 is 19.1 Å². The number of rotatable bonds is 3. The Morgan fingerprint density at radius 2 is 2.26 bits per heavy atom. The third kappa shape index (κ3) is 2.83. The second-order valence-electron chi connectivity index (χ2n) is 4.91. The maximum absolute atomic E-state index is 12.1. The molecule has 1 aromatic rings. The lowest BCUT2D eigenvalue weighted by Crippen LogP contribution is -2.36. The Kier molecular flexibility index (Phi) is 3.42. The highest BCUT2D eigenvalue weighted by molar-refractivity contribution is 5.96. The maximum atomic E-state index is 12.1. The first-order valence-electron chi connectivity index (χ1n) is 5.95. The molecular formula is C13H16N2O4. The van der Waals surface area contributed by atoms with Crippen molar-refractivity contribution in [1.82, 2.24) is 4.98 Å². The highest BCUT2D eigenvalue weighted by Crippen LogP contribution is 2.33. The molecular weight excluding hydrogens is 248 g/mol. The van der Waals surface area contributed by atoms with Crippen molar-refractivity contribution in [3.8, 4) is 5.88 Å². The molecule has 1 amide bonds. The molecule has 2 rings (SSSR count). The number of carbonyl (C=O) groups excluding carboxylic acids is 2. The van der Waals surface area contributed by atoms with Gasteiger partial charge in [0, 0.05) is 6.07 Å². The zero-order valence-electron chi connectivity index (χ0n) is 11.1. The Morgan fingerprint density at radius 1 is 1.53 bits per heavy atom. The third-order valence-corrected chi connectivity index (χ3v) is 3.12. The summed E-state index contributed by atoms with van der Waals surface area (Å²) in [4.78, 5) is 27.4. The highest BCUT2D eigenvalue weighted by Gasteiger charge is 2.46. The van der Waals surface area contributed by atoms with Crippen LogP contribution in [-0.4, -0.2) is 29.6 Å². The van der Waals surface area contributed by atoms with Crippen LogP contribution in [0.5, 0.6) is 5.88 Å². The fraction of sp³-hybridized carbons (Fsp3) is 0.462. The lowest BCUT2D eigenvalue weighted by atomic mass is 9.90. The van der Waals surface area contributed by atoms with E-state index in [1.165, 1.54) is 13.3 Å². The molecule has 0 spiro atoms. The van der Waals surface area contributed by atoms with Crippen molar-refractivity contribution in [2.75, 3.05) is 12.4 Å². The van der Waals surface area contributed by atoms with Gasteiger partial charge in [0.15, 0.2) is 0 Å².